The highest BCUT2D eigenvalue weighted by atomic mass is 35.5. The summed E-state index contributed by atoms with van der Waals surface area (Å²) in [4.78, 5) is 2.12. The minimum Gasteiger partial charge on any atom is -0.306 e. The molecule has 0 aromatic carbocycles. The van der Waals surface area contributed by atoms with Crippen molar-refractivity contribution < 1.29 is 0 Å². The Morgan fingerprint density at radius 1 is 1.23 bits per heavy atom. The minimum absolute atomic E-state index is 0.827. The summed E-state index contributed by atoms with van der Waals surface area (Å²) in [6, 6.07) is 0. The largest absolute Gasteiger partial charge is 0.306 e. The fraction of sp³-hybridized carbons (Fsp3) is 0.818. The third-order valence-corrected chi connectivity index (χ3v) is 1.71. The summed E-state index contributed by atoms with van der Waals surface area (Å²) in [5.41, 5.74) is 0. The van der Waals surface area contributed by atoms with Gasteiger partial charge in [-0.3, -0.25) is 0 Å². The molecule has 0 spiro atoms. The number of likely N-dealkylation sites (N-methyl/N-ethyl adjacent to an activating group) is 1. The average molecular weight is 206 g/mol. The Morgan fingerprint density at radius 2 is 1.85 bits per heavy atom. The molecule has 0 saturated heterocycles. The molecule has 0 saturated carbocycles. The molecule has 0 aliphatic rings. The third-order valence-electron chi connectivity index (χ3n) is 1.44. The van der Waals surface area contributed by atoms with Crippen LogP contribution in [-0.2, 0) is 0 Å². The van der Waals surface area contributed by atoms with Crippen LogP contribution in [0.15, 0.2) is 12.2 Å². The van der Waals surface area contributed by atoms with E-state index in [-0.39, 0.29) is 0 Å². The van der Waals surface area contributed by atoms with E-state index in [4.69, 9.17) is 11.6 Å². The number of rotatable bonds is 5. The van der Waals surface area contributed by atoms with Crippen molar-refractivity contribution in [2.75, 3.05) is 26.5 Å². The molecule has 0 aliphatic heterocycles. The van der Waals surface area contributed by atoms with E-state index >= 15 is 0 Å². The van der Waals surface area contributed by atoms with Crippen molar-refractivity contribution in [2.24, 2.45) is 0 Å². The van der Waals surface area contributed by atoms with Gasteiger partial charge in [0, 0.05) is 12.4 Å². The van der Waals surface area contributed by atoms with Gasteiger partial charge >= 0.3 is 0 Å². The van der Waals surface area contributed by atoms with Crippen molar-refractivity contribution in [3.05, 3.63) is 12.2 Å². The fourth-order valence-electron chi connectivity index (χ4n) is 0.661. The summed E-state index contributed by atoms with van der Waals surface area (Å²) < 4.78 is 0. The molecule has 0 atom stereocenters. The zero-order chi connectivity index (χ0) is 10.5. The second-order valence-corrected chi connectivity index (χ2v) is 3.61. The smallest absolute Gasteiger partial charge is 0.0223 e. The summed E-state index contributed by atoms with van der Waals surface area (Å²) in [7, 11) is 4.11. The molecule has 0 unspecified atom stereocenters. The summed E-state index contributed by atoms with van der Waals surface area (Å²) in [6.45, 7) is 5.26. The van der Waals surface area contributed by atoms with Gasteiger partial charge in [0.15, 0.2) is 0 Å². The molecule has 0 bridgehead atoms. The van der Waals surface area contributed by atoms with E-state index < -0.39 is 0 Å². The van der Waals surface area contributed by atoms with Gasteiger partial charge in [0.25, 0.3) is 0 Å². The van der Waals surface area contributed by atoms with Crippen LogP contribution < -0.4 is 0 Å². The molecule has 0 heterocycles. The number of hydrogen-bond acceptors (Lipinski definition) is 1. The molecule has 0 amide bonds. The maximum Gasteiger partial charge on any atom is 0.0223 e. The first kappa shape index (κ1) is 15.5. The van der Waals surface area contributed by atoms with Crippen molar-refractivity contribution in [3.8, 4) is 0 Å². The third kappa shape index (κ3) is 24.5. The molecule has 0 N–H and O–H groups in total. The first-order chi connectivity index (χ1) is 6.18. The minimum atomic E-state index is 0.827. The van der Waals surface area contributed by atoms with Crippen LogP contribution in [0.3, 0.4) is 0 Å². The standard InChI is InChI=1S/C6H13N.C5H11Cl/c1-4-5-6-7(2)3;1-2-3-4-5-6/h4-5H,6H2,1-3H3;2-5H2,1H3/b5-4+;. The van der Waals surface area contributed by atoms with E-state index in [9.17, 15) is 0 Å². The monoisotopic (exact) mass is 205 g/mol. The number of hydrogen-bond donors (Lipinski definition) is 0. The highest BCUT2D eigenvalue weighted by Crippen LogP contribution is 1.93. The van der Waals surface area contributed by atoms with Gasteiger partial charge in [0.2, 0.25) is 0 Å². The van der Waals surface area contributed by atoms with Gasteiger partial charge in [-0.25, -0.2) is 0 Å². The van der Waals surface area contributed by atoms with Crippen molar-refractivity contribution in [1.29, 1.82) is 0 Å². The topological polar surface area (TPSA) is 3.24 Å². The molecule has 13 heavy (non-hydrogen) atoms. The van der Waals surface area contributed by atoms with E-state index in [1.54, 1.807) is 0 Å². The van der Waals surface area contributed by atoms with Gasteiger partial charge < -0.3 is 4.90 Å². The highest BCUT2D eigenvalue weighted by Gasteiger charge is 1.77. The van der Waals surface area contributed by atoms with Crippen LogP contribution in [-0.4, -0.2) is 31.4 Å². The number of allylic oxidation sites excluding steroid dienone is 1. The molecule has 0 aliphatic carbocycles. The lowest BCUT2D eigenvalue weighted by atomic mass is 10.3. The second-order valence-electron chi connectivity index (χ2n) is 3.23. The lowest BCUT2D eigenvalue weighted by Crippen LogP contribution is -2.10. The van der Waals surface area contributed by atoms with E-state index in [1.165, 1.54) is 19.3 Å². The molecule has 0 rings (SSSR count). The molecule has 0 aromatic rings. The van der Waals surface area contributed by atoms with Crippen molar-refractivity contribution in [1.82, 2.24) is 4.90 Å². The van der Waals surface area contributed by atoms with Crippen LogP contribution in [0.4, 0.5) is 0 Å². The number of alkyl halides is 1. The molecular formula is C11H24ClN. The van der Waals surface area contributed by atoms with Gasteiger partial charge in [0.1, 0.15) is 0 Å². The zero-order valence-electron chi connectivity index (χ0n) is 9.52. The van der Waals surface area contributed by atoms with Crippen LogP contribution in [0.2, 0.25) is 0 Å². The van der Waals surface area contributed by atoms with Crippen LogP contribution in [0.25, 0.3) is 0 Å². The SMILES string of the molecule is C/C=C/CN(C)C.CCCCCCl. The Labute approximate surface area is 88.8 Å². The molecule has 0 radical (unpaired) electrons. The quantitative estimate of drug-likeness (QED) is 0.377. The van der Waals surface area contributed by atoms with E-state index in [0.29, 0.717) is 0 Å². The van der Waals surface area contributed by atoms with Gasteiger partial charge in [-0.2, -0.15) is 0 Å². The Morgan fingerprint density at radius 3 is 2.00 bits per heavy atom. The maximum absolute atomic E-state index is 5.38. The molecule has 0 fully saturated rings. The van der Waals surface area contributed by atoms with Crippen LogP contribution >= 0.6 is 11.6 Å². The van der Waals surface area contributed by atoms with E-state index in [1.807, 2.05) is 6.92 Å². The first-order valence-electron chi connectivity index (χ1n) is 5.00. The van der Waals surface area contributed by atoms with Crippen molar-refractivity contribution >= 4 is 11.6 Å². The van der Waals surface area contributed by atoms with Crippen molar-refractivity contribution in [2.45, 2.75) is 33.1 Å². The van der Waals surface area contributed by atoms with Crippen molar-refractivity contribution in [3.63, 3.8) is 0 Å². The summed E-state index contributed by atoms with van der Waals surface area (Å²) in [5.74, 6) is 0.827. The molecular weight excluding hydrogens is 182 g/mol. The van der Waals surface area contributed by atoms with Gasteiger partial charge in [-0.05, 0) is 27.4 Å². The predicted molar refractivity (Wildman–Crippen MR) is 63.6 cm³/mol. The summed E-state index contributed by atoms with van der Waals surface area (Å²) in [6.07, 6.45) is 7.91. The van der Waals surface area contributed by atoms with Gasteiger partial charge in [-0.1, -0.05) is 31.9 Å². The average Bonchev–Trinajstić information content (AvgIpc) is 2.12. The zero-order valence-corrected chi connectivity index (χ0v) is 10.3. The Kier molecular flexibility index (Phi) is 17.3. The van der Waals surface area contributed by atoms with Gasteiger partial charge in [0.05, 0.1) is 0 Å². The van der Waals surface area contributed by atoms with Crippen LogP contribution in [0.5, 0.6) is 0 Å². The second kappa shape index (κ2) is 14.5. The van der Waals surface area contributed by atoms with Crippen LogP contribution in [0, 0.1) is 0 Å². The van der Waals surface area contributed by atoms with E-state index in [0.717, 1.165) is 12.4 Å². The molecule has 0 aromatic heterocycles. The first-order valence-corrected chi connectivity index (χ1v) is 5.54. The van der Waals surface area contributed by atoms with Crippen LogP contribution in [0.1, 0.15) is 33.1 Å². The maximum atomic E-state index is 5.38. The summed E-state index contributed by atoms with van der Waals surface area (Å²) >= 11 is 5.38. The lowest BCUT2D eigenvalue weighted by molar-refractivity contribution is 0.456. The van der Waals surface area contributed by atoms with Gasteiger partial charge in [-0.15, -0.1) is 11.6 Å². The normalized spacial score (nSPS) is 10.3. The molecule has 80 valence electrons. The number of nitrogens with zero attached hydrogens (tertiary/aromatic N) is 1. The summed E-state index contributed by atoms with van der Waals surface area (Å²) in [5, 5.41) is 0. The number of unbranched alkanes of at least 4 members (excludes halogenated alkanes) is 2. The predicted octanol–water partition coefficient (Wildman–Crippen LogP) is 3.54. The number of halogens is 1. The highest BCUT2D eigenvalue weighted by molar-refractivity contribution is 6.17. The molecule has 1 nitrogen and oxygen atoms in total. The fourth-order valence-corrected chi connectivity index (χ4v) is 0.850. The lowest BCUT2D eigenvalue weighted by Gasteiger charge is -2.02. The molecule has 2 heteroatoms. The Bertz CT molecular complexity index is 96.3. The Hall–Kier alpha value is -0.0100. The van der Waals surface area contributed by atoms with E-state index in [2.05, 4.69) is 38.1 Å². The Balaban J connectivity index is 0.